The largest absolute Gasteiger partial charge is 0.329 e. The number of nitrogens with one attached hydrogen (secondary N) is 1. The second kappa shape index (κ2) is 3.85. The van der Waals surface area contributed by atoms with Crippen LogP contribution in [0.25, 0.3) is 0 Å². The molecule has 0 saturated carbocycles. The molecular formula is C6H13N3O2S. The number of rotatable bonds is 4. The summed E-state index contributed by atoms with van der Waals surface area (Å²) < 4.78 is 24.3. The topological polar surface area (TPSA) is 96.0 Å². The summed E-state index contributed by atoms with van der Waals surface area (Å²) >= 11 is 0. The molecule has 0 atom stereocenters. The molecule has 0 bridgehead atoms. The summed E-state index contributed by atoms with van der Waals surface area (Å²) in [5.74, 6) is -0.531. The van der Waals surface area contributed by atoms with Crippen molar-refractivity contribution in [3.63, 3.8) is 0 Å². The van der Waals surface area contributed by atoms with E-state index in [1.165, 1.54) is 0 Å². The fraction of sp³-hybridized carbons (Fsp3) is 0.833. The van der Waals surface area contributed by atoms with Crippen molar-refractivity contribution in [2.24, 2.45) is 5.73 Å². The highest BCUT2D eigenvalue weighted by atomic mass is 32.2. The van der Waals surface area contributed by atoms with Crippen LogP contribution in [-0.2, 0) is 10.0 Å². The normalized spacial score (nSPS) is 12.5. The summed E-state index contributed by atoms with van der Waals surface area (Å²) in [5.41, 5.74) is 4.61. The van der Waals surface area contributed by atoms with Crippen molar-refractivity contribution in [3.05, 3.63) is 0 Å². The second-order valence-electron chi connectivity index (χ2n) is 3.11. The lowest BCUT2D eigenvalue weighted by Crippen LogP contribution is -2.49. The molecule has 5 nitrogen and oxygen atoms in total. The van der Waals surface area contributed by atoms with Gasteiger partial charge in [0, 0.05) is 12.1 Å². The third-order valence-electron chi connectivity index (χ3n) is 1.20. The first kappa shape index (κ1) is 11.4. The molecule has 70 valence electrons. The van der Waals surface area contributed by atoms with E-state index >= 15 is 0 Å². The molecule has 0 rings (SSSR count). The molecule has 0 aliphatic rings. The minimum absolute atomic E-state index is 0.192. The minimum Gasteiger partial charge on any atom is -0.329 e. The third kappa shape index (κ3) is 4.28. The molecule has 0 heterocycles. The number of nitrogens with zero attached hydrogens (tertiary/aromatic N) is 1. The Morgan fingerprint density at radius 3 is 2.42 bits per heavy atom. The molecule has 0 aliphatic heterocycles. The van der Waals surface area contributed by atoms with Crippen molar-refractivity contribution in [3.8, 4) is 6.07 Å². The van der Waals surface area contributed by atoms with Crippen LogP contribution in [0.2, 0.25) is 0 Å². The second-order valence-corrected chi connectivity index (χ2v) is 4.83. The Morgan fingerprint density at radius 1 is 1.58 bits per heavy atom. The maximum Gasteiger partial charge on any atom is 0.225 e. The van der Waals surface area contributed by atoms with E-state index < -0.39 is 21.3 Å². The highest BCUT2D eigenvalue weighted by Crippen LogP contribution is 2.01. The molecule has 0 radical (unpaired) electrons. The first-order chi connectivity index (χ1) is 5.33. The summed E-state index contributed by atoms with van der Waals surface area (Å²) in [6.07, 6.45) is 0. The standard InChI is InChI=1S/C6H13N3O2S/c1-6(2,5-8)9-12(10,11)4-3-7/h9H,4-5,8H2,1-2H3. The average Bonchev–Trinajstić information content (AvgIpc) is 1.85. The predicted molar refractivity (Wildman–Crippen MR) is 45.7 cm³/mol. The van der Waals surface area contributed by atoms with Gasteiger partial charge in [-0.25, -0.2) is 13.1 Å². The van der Waals surface area contributed by atoms with Crippen molar-refractivity contribution < 1.29 is 8.42 Å². The van der Waals surface area contributed by atoms with Gasteiger partial charge in [-0.3, -0.25) is 0 Å². The van der Waals surface area contributed by atoms with Crippen LogP contribution in [0.3, 0.4) is 0 Å². The zero-order chi connectivity index (χ0) is 9.83. The van der Waals surface area contributed by atoms with E-state index in [1.54, 1.807) is 19.9 Å². The Kier molecular flexibility index (Phi) is 3.64. The van der Waals surface area contributed by atoms with E-state index in [9.17, 15) is 8.42 Å². The SMILES string of the molecule is CC(C)(CN)NS(=O)(=O)CC#N. The van der Waals surface area contributed by atoms with Gasteiger partial charge in [0.2, 0.25) is 10.0 Å². The van der Waals surface area contributed by atoms with Gasteiger partial charge in [0.15, 0.2) is 5.75 Å². The van der Waals surface area contributed by atoms with Gasteiger partial charge in [0.1, 0.15) is 0 Å². The number of hydrogen-bond acceptors (Lipinski definition) is 4. The first-order valence-corrected chi connectivity index (χ1v) is 5.07. The molecule has 0 aliphatic carbocycles. The summed E-state index contributed by atoms with van der Waals surface area (Å²) in [6.45, 7) is 3.50. The highest BCUT2D eigenvalue weighted by Gasteiger charge is 2.22. The van der Waals surface area contributed by atoms with Crippen LogP contribution in [-0.4, -0.2) is 26.3 Å². The fourth-order valence-electron chi connectivity index (χ4n) is 0.584. The van der Waals surface area contributed by atoms with Crippen LogP contribution in [0.15, 0.2) is 0 Å². The molecule has 0 aromatic carbocycles. The van der Waals surface area contributed by atoms with Gasteiger partial charge in [0.25, 0.3) is 0 Å². The van der Waals surface area contributed by atoms with Gasteiger partial charge in [-0.15, -0.1) is 0 Å². The summed E-state index contributed by atoms with van der Waals surface area (Å²) in [4.78, 5) is 0. The molecule has 0 amide bonds. The van der Waals surface area contributed by atoms with E-state index in [1.807, 2.05) is 0 Å². The van der Waals surface area contributed by atoms with Gasteiger partial charge in [-0.1, -0.05) is 0 Å². The molecule has 6 heteroatoms. The lowest BCUT2D eigenvalue weighted by Gasteiger charge is -2.22. The zero-order valence-corrected chi connectivity index (χ0v) is 7.98. The maximum atomic E-state index is 11.0. The van der Waals surface area contributed by atoms with E-state index in [4.69, 9.17) is 11.0 Å². The van der Waals surface area contributed by atoms with Crippen molar-refractivity contribution >= 4 is 10.0 Å². The molecule has 0 aromatic heterocycles. The molecule has 12 heavy (non-hydrogen) atoms. The fourth-order valence-corrected chi connectivity index (χ4v) is 1.75. The van der Waals surface area contributed by atoms with E-state index in [0.717, 1.165) is 0 Å². The van der Waals surface area contributed by atoms with Crippen LogP contribution in [0.4, 0.5) is 0 Å². The van der Waals surface area contributed by atoms with Gasteiger partial charge in [-0.2, -0.15) is 5.26 Å². The van der Waals surface area contributed by atoms with Crippen molar-refractivity contribution in [1.29, 1.82) is 5.26 Å². The van der Waals surface area contributed by atoms with Crippen LogP contribution in [0, 0.1) is 11.3 Å². The Hall–Kier alpha value is -0.640. The quantitative estimate of drug-likeness (QED) is 0.606. The van der Waals surface area contributed by atoms with Crippen molar-refractivity contribution in [1.82, 2.24) is 4.72 Å². The van der Waals surface area contributed by atoms with Crippen molar-refractivity contribution in [2.45, 2.75) is 19.4 Å². The maximum absolute atomic E-state index is 11.0. The average molecular weight is 191 g/mol. The molecule has 0 aromatic rings. The monoisotopic (exact) mass is 191 g/mol. The zero-order valence-electron chi connectivity index (χ0n) is 7.16. The molecule has 3 N–H and O–H groups in total. The third-order valence-corrected chi connectivity index (χ3v) is 2.57. The molecule has 0 fully saturated rings. The Labute approximate surface area is 72.6 Å². The predicted octanol–water partition coefficient (Wildman–Crippen LogP) is -0.833. The van der Waals surface area contributed by atoms with Gasteiger partial charge >= 0.3 is 0 Å². The van der Waals surface area contributed by atoms with Gasteiger partial charge in [0.05, 0.1) is 6.07 Å². The summed E-state index contributed by atoms with van der Waals surface area (Å²) in [5, 5.41) is 8.17. The Morgan fingerprint density at radius 2 is 2.08 bits per heavy atom. The summed E-state index contributed by atoms with van der Waals surface area (Å²) in [7, 11) is -3.49. The number of nitrogens with two attached hydrogens (primary N) is 1. The number of hydrogen-bond donors (Lipinski definition) is 2. The van der Waals surface area contributed by atoms with Crippen LogP contribution in [0.1, 0.15) is 13.8 Å². The summed E-state index contributed by atoms with van der Waals surface area (Å²) in [6, 6.07) is 1.56. The van der Waals surface area contributed by atoms with E-state index in [0.29, 0.717) is 0 Å². The molecule has 0 spiro atoms. The Balaban J connectivity index is 4.38. The lowest BCUT2D eigenvalue weighted by molar-refractivity contribution is 0.464. The number of sulfonamides is 1. The van der Waals surface area contributed by atoms with Crippen LogP contribution >= 0.6 is 0 Å². The highest BCUT2D eigenvalue weighted by molar-refractivity contribution is 7.89. The lowest BCUT2D eigenvalue weighted by atomic mass is 10.1. The van der Waals surface area contributed by atoms with Gasteiger partial charge in [-0.05, 0) is 13.8 Å². The van der Waals surface area contributed by atoms with Crippen LogP contribution < -0.4 is 10.5 Å². The van der Waals surface area contributed by atoms with Gasteiger partial charge < -0.3 is 5.73 Å². The van der Waals surface area contributed by atoms with Crippen LogP contribution in [0.5, 0.6) is 0 Å². The Bertz CT molecular complexity index is 276. The molecular weight excluding hydrogens is 178 g/mol. The van der Waals surface area contributed by atoms with E-state index in [-0.39, 0.29) is 6.54 Å². The molecule has 0 unspecified atom stereocenters. The van der Waals surface area contributed by atoms with E-state index in [2.05, 4.69) is 4.72 Å². The molecule has 0 saturated heterocycles. The number of nitriles is 1. The minimum atomic E-state index is -3.49. The first-order valence-electron chi connectivity index (χ1n) is 3.42. The smallest absolute Gasteiger partial charge is 0.225 e. The van der Waals surface area contributed by atoms with Crippen molar-refractivity contribution in [2.75, 3.05) is 12.3 Å².